The van der Waals surface area contributed by atoms with Gasteiger partial charge in [-0.2, -0.15) is 0 Å². The van der Waals surface area contributed by atoms with Crippen LogP contribution in [0.15, 0.2) is 28.7 Å². The van der Waals surface area contributed by atoms with E-state index in [1.807, 2.05) is 19.2 Å². The fourth-order valence-corrected chi connectivity index (χ4v) is 2.49. The summed E-state index contributed by atoms with van der Waals surface area (Å²) in [6.45, 7) is 2.75. The van der Waals surface area contributed by atoms with Gasteiger partial charge in [0.2, 0.25) is 5.91 Å². The van der Waals surface area contributed by atoms with Crippen LogP contribution in [0.2, 0.25) is 0 Å². The van der Waals surface area contributed by atoms with E-state index in [0.29, 0.717) is 18.5 Å². The summed E-state index contributed by atoms with van der Waals surface area (Å²) in [4.78, 5) is 11.9. The highest BCUT2D eigenvalue weighted by Crippen LogP contribution is 2.47. The molecule has 1 amide bonds. The minimum Gasteiger partial charge on any atom is -0.354 e. The molecule has 3 atom stereocenters. The zero-order valence-electron chi connectivity index (χ0n) is 11.2. The van der Waals surface area contributed by atoms with E-state index >= 15 is 0 Å². The topological polar surface area (TPSA) is 41.1 Å². The first-order valence-electron chi connectivity index (χ1n) is 6.32. The first-order chi connectivity index (χ1) is 8.61. The van der Waals surface area contributed by atoms with Crippen LogP contribution >= 0.6 is 28.3 Å². The monoisotopic (exact) mass is 346 g/mol. The Labute approximate surface area is 129 Å². The zero-order chi connectivity index (χ0) is 13.1. The molecule has 1 aromatic rings. The molecule has 1 saturated carbocycles. The Kier molecular flexibility index (Phi) is 6.30. The Balaban J connectivity index is 0.00000180. The second-order valence-electron chi connectivity index (χ2n) is 4.94. The summed E-state index contributed by atoms with van der Waals surface area (Å²) in [5.41, 5.74) is 1.26. The van der Waals surface area contributed by atoms with E-state index in [1.54, 1.807) is 0 Å². The lowest BCUT2D eigenvalue weighted by Crippen LogP contribution is -2.37. The van der Waals surface area contributed by atoms with Gasteiger partial charge < -0.3 is 10.6 Å². The maximum Gasteiger partial charge on any atom is 0.223 e. The Morgan fingerprint density at radius 3 is 2.89 bits per heavy atom. The molecule has 1 aliphatic rings. The molecule has 0 aliphatic heterocycles. The highest BCUT2D eigenvalue weighted by Gasteiger charge is 2.43. The van der Waals surface area contributed by atoms with E-state index in [4.69, 9.17) is 0 Å². The molecule has 2 N–H and O–H groups in total. The highest BCUT2D eigenvalue weighted by atomic mass is 79.9. The van der Waals surface area contributed by atoms with Crippen LogP contribution in [0, 0.1) is 5.92 Å². The SMILES string of the molecule is CNC(C)CNC(=O)C1CC1c1cccc(Br)c1.Cl. The molecule has 1 aliphatic carbocycles. The number of hydrogen-bond donors (Lipinski definition) is 2. The van der Waals surface area contributed by atoms with E-state index < -0.39 is 0 Å². The van der Waals surface area contributed by atoms with Crippen molar-refractivity contribution in [2.45, 2.75) is 25.3 Å². The Bertz CT molecular complexity index is 441. The van der Waals surface area contributed by atoms with Gasteiger partial charge in [-0.3, -0.25) is 4.79 Å². The van der Waals surface area contributed by atoms with Crippen LogP contribution in [0.5, 0.6) is 0 Å². The Morgan fingerprint density at radius 1 is 1.53 bits per heavy atom. The van der Waals surface area contributed by atoms with Gasteiger partial charge in [0.15, 0.2) is 0 Å². The van der Waals surface area contributed by atoms with Crippen molar-refractivity contribution in [3.05, 3.63) is 34.3 Å². The molecule has 0 bridgehead atoms. The lowest BCUT2D eigenvalue weighted by atomic mass is 10.1. The molecular weight excluding hydrogens is 328 g/mol. The minimum atomic E-state index is 0. The first-order valence-corrected chi connectivity index (χ1v) is 7.11. The van der Waals surface area contributed by atoms with Gasteiger partial charge in [0.1, 0.15) is 0 Å². The quantitative estimate of drug-likeness (QED) is 0.860. The molecule has 0 spiro atoms. The summed E-state index contributed by atoms with van der Waals surface area (Å²) >= 11 is 3.47. The number of halogens is 2. The van der Waals surface area contributed by atoms with E-state index in [2.05, 4.69) is 45.6 Å². The van der Waals surface area contributed by atoms with Crippen molar-refractivity contribution in [1.29, 1.82) is 0 Å². The van der Waals surface area contributed by atoms with E-state index in [0.717, 1.165) is 10.9 Å². The summed E-state index contributed by atoms with van der Waals surface area (Å²) in [7, 11) is 1.90. The largest absolute Gasteiger partial charge is 0.354 e. The Morgan fingerprint density at radius 2 is 2.26 bits per heavy atom. The van der Waals surface area contributed by atoms with Crippen LogP contribution in [-0.2, 0) is 4.79 Å². The molecule has 1 fully saturated rings. The van der Waals surface area contributed by atoms with Gasteiger partial charge >= 0.3 is 0 Å². The molecular formula is C14H20BrClN2O. The predicted molar refractivity (Wildman–Crippen MR) is 83.8 cm³/mol. The molecule has 2 rings (SSSR count). The van der Waals surface area contributed by atoms with E-state index in [-0.39, 0.29) is 24.2 Å². The third-order valence-electron chi connectivity index (χ3n) is 3.48. The van der Waals surface area contributed by atoms with Gasteiger partial charge in [0.05, 0.1) is 0 Å². The van der Waals surface area contributed by atoms with Gasteiger partial charge in [-0.1, -0.05) is 28.1 Å². The highest BCUT2D eigenvalue weighted by molar-refractivity contribution is 9.10. The summed E-state index contributed by atoms with van der Waals surface area (Å²) in [6, 6.07) is 8.55. The number of benzene rings is 1. The maximum absolute atomic E-state index is 11.9. The molecule has 3 nitrogen and oxygen atoms in total. The molecule has 0 aromatic heterocycles. The van der Waals surface area contributed by atoms with Gasteiger partial charge in [0, 0.05) is 23.0 Å². The first kappa shape index (κ1) is 16.5. The number of hydrogen-bond acceptors (Lipinski definition) is 2. The molecule has 3 unspecified atom stereocenters. The normalized spacial score (nSPS) is 22.3. The summed E-state index contributed by atoms with van der Waals surface area (Å²) in [5, 5.41) is 6.11. The molecule has 0 radical (unpaired) electrons. The molecule has 5 heteroatoms. The number of likely N-dealkylation sites (N-methyl/N-ethyl adjacent to an activating group) is 1. The summed E-state index contributed by atoms with van der Waals surface area (Å²) < 4.78 is 1.08. The fraction of sp³-hybridized carbons (Fsp3) is 0.500. The van der Waals surface area contributed by atoms with Crippen molar-refractivity contribution in [1.82, 2.24) is 10.6 Å². The smallest absolute Gasteiger partial charge is 0.223 e. The Hall–Kier alpha value is -0.580. The number of amides is 1. The van der Waals surface area contributed by atoms with Crippen LogP contribution in [0.4, 0.5) is 0 Å². The standard InChI is InChI=1S/C14H19BrN2O.ClH/c1-9(16-2)8-17-14(18)13-7-12(13)10-4-3-5-11(15)6-10;/h3-6,9,12-13,16H,7-8H2,1-2H3,(H,17,18);1H. The molecule has 106 valence electrons. The average molecular weight is 348 g/mol. The number of carbonyl (C=O) groups is 1. The van der Waals surface area contributed by atoms with Crippen LogP contribution in [-0.4, -0.2) is 25.5 Å². The second-order valence-corrected chi connectivity index (χ2v) is 5.85. The average Bonchev–Trinajstić information content (AvgIpc) is 3.15. The van der Waals surface area contributed by atoms with Crippen LogP contribution in [0.1, 0.15) is 24.8 Å². The van der Waals surface area contributed by atoms with Crippen molar-refractivity contribution in [2.24, 2.45) is 5.92 Å². The fourth-order valence-electron chi connectivity index (χ4n) is 2.08. The van der Waals surface area contributed by atoms with Crippen LogP contribution in [0.3, 0.4) is 0 Å². The van der Waals surface area contributed by atoms with Crippen molar-refractivity contribution in [3.8, 4) is 0 Å². The molecule has 1 aromatic carbocycles. The number of carbonyl (C=O) groups excluding carboxylic acids is 1. The van der Waals surface area contributed by atoms with Gasteiger partial charge in [-0.05, 0) is 44.0 Å². The third kappa shape index (κ3) is 4.48. The second kappa shape index (κ2) is 7.27. The van der Waals surface area contributed by atoms with E-state index in [9.17, 15) is 4.79 Å². The van der Waals surface area contributed by atoms with Crippen molar-refractivity contribution in [2.75, 3.05) is 13.6 Å². The predicted octanol–water partition coefficient (Wildman–Crippen LogP) is 2.70. The van der Waals surface area contributed by atoms with Crippen molar-refractivity contribution >= 4 is 34.2 Å². The molecule has 0 saturated heterocycles. The number of nitrogens with one attached hydrogen (secondary N) is 2. The van der Waals surface area contributed by atoms with Crippen molar-refractivity contribution < 1.29 is 4.79 Å². The van der Waals surface area contributed by atoms with Crippen LogP contribution in [0.25, 0.3) is 0 Å². The van der Waals surface area contributed by atoms with E-state index in [1.165, 1.54) is 5.56 Å². The van der Waals surface area contributed by atoms with Gasteiger partial charge in [0.25, 0.3) is 0 Å². The molecule has 19 heavy (non-hydrogen) atoms. The molecule has 0 heterocycles. The van der Waals surface area contributed by atoms with Gasteiger partial charge in [-0.15, -0.1) is 12.4 Å². The van der Waals surface area contributed by atoms with Crippen molar-refractivity contribution in [3.63, 3.8) is 0 Å². The summed E-state index contributed by atoms with van der Waals surface area (Å²) in [5.74, 6) is 0.734. The third-order valence-corrected chi connectivity index (χ3v) is 3.97. The van der Waals surface area contributed by atoms with Crippen LogP contribution < -0.4 is 10.6 Å². The zero-order valence-corrected chi connectivity index (χ0v) is 13.6. The summed E-state index contributed by atoms with van der Waals surface area (Å²) in [6.07, 6.45) is 0.968. The van der Waals surface area contributed by atoms with Gasteiger partial charge in [-0.25, -0.2) is 0 Å². The lowest BCUT2D eigenvalue weighted by Gasteiger charge is -2.11. The maximum atomic E-state index is 11.9. The lowest BCUT2D eigenvalue weighted by molar-refractivity contribution is -0.122. The number of rotatable bonds is 5. The minimum absolute atomic E-state index is 0.